The summed E-state index contributed by atoms with van der Waals surface area (Å²) < 4.78 is 49.7. The number of nitrogens with one attached hydrogen (secondary N) is 2. The number of hydrogen-bond donors (Lipinski definition) is 3. The van der Waals surface area contributed by atoms with Gasteiger partial charge in [-0.1, -0.05) is 36.4 Å². The maximum atomic E-state index is 12.4. The highest BCUT2D eigenvalue weighted by atomic mass is 32.2. The molecule has 0 radical (unpaired) electrons. The van der Waals surface area contributed by atoms with Gasteiger partial charge in [-0.2, -0.15) is 0 Å². The van der Waals surface area contributed by atoms with E-state index in [2.05, 4.69) is 10.0 Å². The van der Waals surface area contributed by atoms with Gasteiger partial charge in [0, 0.05) is 16.9 Å². The van der Waals surface area contributed by atoms with Crippen LogP contribution in [0.1, 0.15) is 15.9 Å². The summed E-state index contributed by atoms with van der Waals surface area (Å²) in [6, 6.07) is 20.3. The fourth-order valence-electron chi connectivity index (χ4n) is 2.57. The third kappa shape index (κ3) is 6.51. The number of anilines is 2. The SMILES string of the molecule is NS(=O)(=O)c1cccc(NC(=O)c2ccc(NS(=O)(=O)/C=C/c3ccccc3)cc2)c1. The normalized spacial score (nSPS) is 11.9. The highest BCUT2D eigenvalue weighted by Crippen LogP contribution is 2.17. The fourth-order valence-corrected chi connectivity index (χ4v) is 4.00. The van der Waals surface area contributed by atoms with Gasteiger partial charge in [-0.25, -0.2) is 22.0 Å². The molecule has 8 nitrogen and oxygen atoms in total. The Labute approximate surface area is 180 Å². The number of primary sulfonamides is 1. The van der Waals surface area contributed by atoms with Crippen molar-refractivity contribution in [1.82, 2.24) is 0 Å². The molecule has 0 aromatic heterocycles. The summed E-state index contributed by atoms with van der Waals surface area (Å²) in [4.78, 5) is 12.3. The van der Waals surface area contributed by atoms with Crippen LogP contribution < -0.4 is 15.2 Å². The molecule has 0 heterocycles. The average molecular weight is 458 g/mol. The molecule has 3 aromatic rings. The number of benzene rings is 3. The summed E-state index contributed by atoms with van der Waals surface area (Å²) in [5.41, 5.74) is 1.54. The Hall–Kier alpha value is -3.47. The van der Waals surface area contributed by atoms with E-state index in [0.29, 0.717) is 0 Å². The molecule has 0 atom stereocenters. The average Bonchev–Trinajstić information content (AvgIpc) is 2.73. The van der Waals surface area contributed by atoms with Gasteiger partial charge >= 0.3 is 0 Å². The van der Waals surface area contributed by atoms with Crippen LogP contribution in [-0.4, -0.2) is 22.7 Å². The van der Waals surface area contributed by atoms with Gasteiger partial charge in [-0.05, 0) is 54.1 Å². The number of rotatable bonds is 7. The van der Waals surface area contributed by atoms with E-state index in [4.69, 9.17) is 5.14 Å². The number of carbonyl (C=O) groups is 1. The first-order valence-electron chi connectivity index (χ1n) is 8.93. The first-order valence-corrected chi connectivity index (χ1v) is 12.0. The van der Waals surface area contributed by atoms with Gasteiger partial charge < -0.3 is 5.32 Å². The molecule has 0 bridgehead atoms. The van der Waals surface area contributed by atoms with Crippen LogP contribution in [0.15, 0.2) is 89.2 Å². The van der Waals surface area contributed by atoms with E-state index in [1.807, 2.05) is 6.07 Å². The van der Waals surface area contributed by atoms with Crippen molar-refractivity contribution in [2.24, 2.45) is 5.14 Å². The lowest BCUT2D eigenvalue weighted by molar-refractivity contribution is 0.102. The van der Waals surface area contributed by atoms with Gasteiger partial charge in [-0.3, -0.25) is 9.52 Å². The maximum Gasteiger partial charge on any atom is 0.255 e. The summed E-state index contributed by atoms with van der Waals surface area (Å²) in [7, 11) is -7.63. The molecule has 0 aliphatic carbocycles. The van der Waals surface area contributed by atoms with Crippen molar-refractivity contribution in [3.8, 4) is 0 Å². The van der Waals surface area contributed by atoms with Gasteiger partial charge in [0.25, 0.3) is 15.9 Å². The Morgan fingerprint density at radius 3 is 2.13 bits per heavy atom. The summed E-state index contributed by atoms with van der Waals surface area (Å²) in [6.07, 6.45) is 1.47. The topological polar surface area (TPSA) is 135 Å². The molecule has 3 rings (SSSR count). The molecule has 10 heteroatoms. The third-order valence-corrected chi connectivity index (χ3v) is 5.99. The molecule has 160 valence electrons. The van der Waals surface area contributed by atoms with E-state index in [1.165, 1.54) is 54.6 Å². The quantitative estimate of drug-likeness (QED) is 0.501. The van der Waals surface area contributed by atoms with Crippen molar-refractivity contribution in [2.45, 2.75) is 4.90 Å². The fraction of sp³-hybridized carbons (Fsp3) is 0. The Bertz CT molecular complexity index is 1320. The molecule has 4 N–H and O–H groups in total. The zero-order valence-corrected chi connectivity index (χ0v) is 17.7. The van der Waals surface area contributed by atoms with Crippen molar-refractivity contribution < 1.29 is 21.6 Å². The second-order valence-electron chi connectivity index (χ2n) is 6.46. The Morgan fingerprint density at radius 1 is 0.806 bits per heavy atom. The number of amides is 1. The number of carbonyl (C=O) groups excluding carboxylic acids is 1. The second-order valence-corrected chi connectivity index (χ2v) is 9.59. The third-order valence-electron chi connectivity index (χ3n) is 4.07. The molecule has 0 fully saturated rings. The first kappa shape index (κ1) is 22.2. The Balaban J connectivity index is 1.67. The van der Waals surface area contributed by atoms with Crippen molar-refractivity contribution in [3.05, 3.63) is 95.4 Å². The van der Waals surface area contributed by atoms with E-state index >= 15 is 0 Å². The van der Waals surface area contributed by atoms with Crippen LogP contribution in [0.3, 0.4) is 0 Å². The van der Waals surface area contributed by atoms with Gasteiger partial charge in [0.05, 0.1) is 10.3 Å². The van der Waals surface area contributed by atoms with Gasteiger partial charge in [0.15, 0.2) is 0 Å². The van der Waals surface area contributed by atoms with Crippen molar-refractivity contribution in [2.75, 3.05) is 10.0 Å². The highest BCUT2D eigenvalue weighted by molar-refractivity contribution is 7.95. The van der Waals surface area contributed by atoms with E-state index < -0.39 is 26.0 Å². The Morgan fingerprint density at radius 2 is 1.48 bits per heavy atom. The minimum atomic E-state index is -3.89. The predicted molar refractivity (Wildman–Crippen MR) is 120 cm³/mol. The number of sulfonamides is 2. The van der Waals surface area contributed by atoms with Crippen LogP contribution in [0.2, 0.25) is 0 Å². The van der Waals surface area contributed by atoms with Crippen LogP contribution in [0, 0.1) is 0 Å². The number of hydrogen-bond acceptors (Lipinski definition) is 5. The molecule has 31 heavy (non-hydrogen) atoms. The molecule has 0 aliphatic heterocycles. The zero-order valence-electron chi connectivity index (χ0n) is 16.1. The van der Waals surface area contributed by atoms with E-state index in [-0.39, 0.29) is 21.8 Å². The molecule has 0 saturated carbocycles. The molecule has 0 saturated heterocycles. The monoisotopic (exact) mass is 457 g/mol. The van der Waals surface area contributed by atoms with E-state index in [1.54, 1.807) is 24.3 Å². The zero-order chi connectivity index (χ0) is 22.5. The first-order chi connectivity index (χ1) is 14.6. The van der Waals surface area contributed by atoms with Crippen LogP contribution in [0.5, 0.6) is 0 Å². The molecule has 0 spiro atoms. The lowest BCUT2D eigenvalue weighted by Gasteiger charge is -2.08. The molecular weight excluding hydrogens is 438 g/mol. The smallest absolute Gasteiger partial charge is 0.255 e. The summed E-state index contributed by atoms with van der Waals surface area (Å²) in [5, 5.41) is 8.71. The van der Waals surface area contributed by atoms with Crippen molar-refractivity contribution in [3.63, 3.8) is 0 Å². The van der Waals surface area contributed by atoms with Crippen LogP contribution >= 0.6 is 0 Å². The minimum absolute atomic E-state index is 0.126. The van der Waals surface area contributed by atoms with E-state index in [0.717, 1.165) is 11.0 Å². The molecule has 0 aliphatic rings. The minimum Gasteiger partial charge on any atom is -0.322 e. The van der Waals surface area contributed by atoms with Crippen LogP contribution in [0.25, 0.3) is 6.08 Å². The second kappa shape index (κ2) is 9.13. The van der Waals surface area contributed by atoms with Crippen LogP contribution in [0.4, 0.5) is 11.4 Å². The standard InChI is InChI=1S/C21H19N3O5S2/c22-31(28,29)20-8-4-7-19(15-20)23-21(25)17-9-11-18(12-10-17)24-30(26,27)14-13-16-5-2-1-3-6-16/h1-15,24H,(H,23,25)(H2,22,28,29)/b14-13+. The Kier molecular flexibility index (Phi) is 6.54. The van der Waals surface area contributed by atoms with Gasteiger partial charge in [-0.15, -0.1) is 0 Å². The van der Waals surface area contributed by atoms with Gasteiger partial charge in [0.2, 0.25) is 10.0 Å². The summed E-state index contributed by atoms with van der Waals surface area (Å²) in [5.74, 6) is -0.495. The molecule has 0 unspecified atom stereocenters. The largest absolute Gasteiger partial charge is 0.322 e. The van der Waals surface area contributed by atoms with Gasteiger partial charge in [0.1, 0.15) is 0 Å². The maximum absolute atomic E-state index is 12.4. The molecule has 1 amide bonds. The predicted octanol–water partition coefficient (Wildman–Crippen LogP) is 3.00. The lowest BCUT2D eigenvalue weighted by atomic mass is 10.2. The lowest BCUT2D eigenvalue weighted by Crippen LogP contribution is -2.15. The van der Waals surface area contributed by atoms with Crippen LogP contribution in [-0.2, 0) is 20.0 Å². The molecule has 3 aromatic carbocycles. The number of nitrogens with two attached hydrogens (primary N) is 1. The molecular formula is C21H19N3O5S2. The van der Waals surface area contributed by atoms with E-state index in [9.17, 15) is 21.6 Å². The summed E-state index contributed by atoms with van der Waals surface area (Å²) >= 11 is 0. The van der Waals surface area contributed by atoms with Crippen molar-refractivity contribution in [1.29, 1.82) is 0 Å². The van der Waals surface area contributed by atoms with Crippen molar-refractivity contribution >= 4 is 43.4 Å². The summed E-state index contributed by atoms with van der Waals surface area (Å²) in [6.45, 7) is 0. The highest BCUT2D eigenvalue weighted by Gasteiger charge is 2.11.